The molecule has 6 nitrogen and oxygen atoms in total. The van der Waals surface area contributed by atoms with Crippen molar-refractivity contribution in [3.05, 3.63) is 59.2 Å². The van der Waals surface area contributed by atoms with Crippen molar-refractivity contribution in [1.29, 1.82) is 0 Å². The first-order chi connectivity index (χ1) is 13.8. The highest BCUT2D eigenvalue weighted by Gasteiger charge is 2.27. The van der Waals surface area contributed by atoms with Crippen LogP contribution in [0, 0.1) is 6.92 Å². The van der Waals surface area contributed by atoms with Crippen molar-refractivity contribution in [3.63, 3.8) is 0 Å². The molecule has 0 radical (unpaired) electrons. The van der Waals surface area contributed by atoms with Crippen LogP contribution in [0.1, 0.15) is 47.2 Å². The normalized spacial score (nSPS) is 14.7. The predicted octanol–water partition coefficient (Wildman–Crippen LogP) is 3.50. The van der Waals surface area contributed by atoms with E-state index in [9.17, 15) is 13.2 Å². The highest BCUT2D eigenvalue weighted by molar-refractivity contribution is 7.89. The quantitative estimate of drug-likeness (QED) is 0.750. The van der Waals surface area contributed by atoms with Crippen LogP contribution in [-0.4, -0.2) is 39.4 Å². The Morgan fingerprint density at radius 3 is 2.52 bits per heavy atom. The van der Waals surface area contributed by atoms with Crippen molar-refractivity contribution < 1.29 is 17.9 Å². The molecule has 0 bridgehead atoms. The summed E-state index contributed by atoms with van der Waals surface area (Å²) in [7, 11) is -0.641. The van der Waals surface area contributed by atoms with Gasteiger partial charge in [-0.05, 0) is 49.1 Å². The Morgan fingerprint density at radius 2 is 1.86 bits per heavy atom. The van der Waals surface area contributed by atoms with Gasteiger partial charge < -0.3 is 9.64 Å². The molecule has 156 valence electrons. The van der Waals surface area contributed by atoms with Crippen LogP contribution < -0.4 is 9.46 Å². The standard InChI is InChI=1S/C22H28N2O4S/c1-16-8-4-5-9-18(16)15-24(2)22(25)17-12-13-20(28-3)21(14-17)29(26,27)23-19-10-6-7-11-19/h4-5,8-9,12-14,19,23H,6-7,10-11,15H2,1-3H3. The van der Waals surface area contributed by atoms with Crippen LogP contribution in [0.5, 0.6) is 5.75 Å². The van der Waals surface area contributed by atoms with Crippen LogP contribution >= 0.6 is 0 Å². The van der Waals surface area contributed by atoms with Crippen molar-refractivity contribution in [2.45, 2.75) is 50.1 Å². The Labute approximate surface area is 172 Å². The van der Waals surface area contributed by atoms with E-state index in [2.05, 4.69) is 4.72 Å². The second kappa shape index (κ2) is 8.97. The fourth-order valence-corrected chi connectivity index (χ4v) is 5.18. The van der Waals surface area contributed by atoms with E-state index in [4.69, 9.17) is 4.74 Å². The maximum absolute atomic E-state index is 13.0. The molecule has 2 aromatic carbocycles. The third kappa shape index (κ3) is 4.97. The van der Waals surface area contributed by atoms with Gasteiger partial charge >= 0.3 is 0 Å². The molecule has 0 aromatic heterocycles. The Balaban J connectivity index is 1.85. The molecule has 3 rings (SSSR count). The molecular weight excluding hydrogens is 388 g/mol. The lowest BCUT2D eigenvalue weighted by molar-refractivity contribution is 0.0784. The molecule has 0 heterocycles. The Kier molecular flexibility index (Phi) is 6.59. The molecule has 29 heavy (non-hydrogen) atoms. The molecule has 1 aliphatic carbocycles. The zero-order valence-electron chi connectivity index (χ0n) is 17.1. The number of sulfonamides is 1. The van der Waals surface area contributed by atoms with Gasteiger partial charge in [-0.25, -0.2) is 13.1 Å². The van der Waals surface area contributed by atoms with E-state index in [1.807, 2.05) is 31.2 Å². The largest absolute Gasteiger partial charge is 0.495 e. The summed E-state index contributed by atoms with van der Waals surface area (Å²) in [4.78, 5) is 14.5. The van der Waals surface area contributed by atoms with Crippen molar-refractivity contribution >= 4 is 15.9 Å². The molecule has 0 saturated heterocycles. The van der Waals surface area contributed by atoms with E-state index in [1.54, 1.807) is 18.0 Å². The van der Waals surface area contributed by atoms with E-state index in [0.717, 1.165) is 36.8 Å². The number of methoxy groups -OCH3 is 1. The number of hydrogen-bond donors (Lipinski definition) is 1. The molecule has 0 unspecified atom stereocenters. The number of aryl methyl sites for hydroxylation is 1. The van der Waals surface area contributed by atoms with Gasteiger partial charge in [0, 0.05) is 25.2 Å². The lowest BCUT2D eigenvalue weighted by Crippen LogP contribution is -2.33. The van der Waals surface area contributed by atoms with Gasteiger partial charge in [-0.3, -0.25) is 4.79 Å². The van der Waals surface area contributed by atoms with Gasteiger partial charge in [0.05, 0.1) is 7.11 Å². The van der Waals surface area contributed by atoms with Crippen LogP contribution in [0.15, 0.2) is 47.4 Å². The van der Waals surface area contributed by atoms with Gasteiger partial charge in [-0.2, -0.15) is 0 Å². The Morgan fingerprint density at radius 1 is 1.17 bits per heavy atom. The third-order valence-corrected chi connectivity index (χ3v) is 6.93. The first-order valence-corrected chi connectivity index (χ1v) is 11.3. The van der Waals surface area contributed by atoms with Gasteiger partial charge in [-0.15, -0.1) is 0 Å². The molecular formula is C22H28N2O4S. The predicted molar refractivity (Wildman–Crippen MR) is 113 cm³/mol. The number of ether oxygens (including phenoxy) is 1. The monoisotopic (exact) mass is 416 g/mol. The van der Waals surface area contributed by atoms with Gasteiger partial charge in [0.15, 0.2) is 0 Å². The third-order valence-electron chi connectivity index (χ3n) is 5.39. The van der Waals surface area contributed by atoms with E-state index >= 15 is 0 Å². The summed E-state index contributed by atoms with van der Waals surface area (Å²) < 4.78 is 33.9. The number of amides is 1. The van der Waals surface area contributed by atoms with Crippen LogP contribution in [0.3, 0.4) is 0 Å². The van der Waals surface area contributed by atoms with E-state index in [-0.39, 0.29) is 22.6 Å². The van der Waals surface area contributed by atoms with Gasteiger partial charge in [0.1, 0.15) is 10.6 Å². The van der Waals surface area contributed by atoms with Crippen LogP contribution in [0.2, 0.25) is 0 Å². The molecule has 1 fully saturated rings. The topological polar surface area (TPSA) is 75.7 Å². The van der Waals surface area contributed by atoms with E-state index in [1.165, 1.54) is 19.2 Å². The van der Waals surface area contributed by atoms with Gasteiger partial charge in [0.2, 0.25) is 10.0 Å². The fraction of sp³-hybridized carbons (Fsp3) is 0.409. The average molecular weight is 417 g/mol. The number of rotatable bonds is 7. The first kappa shape index (κ1) is 21.3. The van der Waals surface area contributed by atoms with Gasteiger partial charge in [0.25, 0.3) is 5.91 Å². The summed E-state index contributed by atoms with van der Waals surface area (Å²) in [6.45, 7) is 2.44. The summed E-state index contributed by atoms with van der Waals surface area (Å²) >= 11 is 0. The Bertz CT molecular complexity index is 982. The maximum atomic E-state index is 13.0. The average Bonchev–Trinajstić information content (AvgIpc) is 3.21. The Hall–Kier alpha value is -2.38. The van der Waals surface area contributed by atoms with Crippen molar-refractivity contribution in [3.8, 4) is 5.75 Å². The molecule has 1 N–H and O–H groups in total. The zero-order chi connectivity index (χ0) is 21.0. The molecule has 0 spiro atoms. The molecule has 0 atom stereocenters. The molecule has 1 aliphatic rings. The van der Waals surface area contributed by atoms with Crippen molar-refractivity contribution in [1.82, 2.24) is 9.62 Å². The zero-order valence-corrected chi connectivity index (χ0v) is 18.0. The first-order valence-electron chi connectivity index (χ1n) is 9.82. The SMILES string of the molecule is COc1ccc(C(=O)N(C)Cc2ccccc2C)cc1S(=O)(=O)NC1CCCC1. The second-order valence-electron chi connectivity index (χ2n) is 7.56. The van der Waals surface area contributed by atoms with Crippen LogP contribution in [0.4, 0.5) is 0 Å². The summed E-state index contributed by atoms with van der Waals surface area (Å²) in [5.74, 6) is -0.0122. The molecule has 2 aromatic rings. The highest BCUT2D eigenvalue weighted by atomic mass is 32.2. The smallest absolute Gasteiger partial charge is 0.253 e. The number of nitrogens with one attached hydrogen (secondary N) is 1. The number of nitrogens with zero attached hydrogens (tertiary/aromatic N) is 1. The number of hydrogen-bond acceptors (Lipinski definition) is 4. The van der Waals surface area contributed by atoms with Crippen molar-refractivity contribution in [2.24, 2.45) is 0 Å². The summed E-state index contributed by atoms with van der Waals surface area (Å²) in [5.41, 5.74) is 2.46. The number of carbonyl (C=O) groups excluding carboxylic acids is 1. The highest BCUT2D eigenvalue weighted by Crippen LogP contribution is 2.28. The fourth-order valence-electron chi connectivity index (χ4n) is 3.68. The minimum atomic E-state index is -3.78. The van der Waals surface area contributed by atoms with Crippen LogP contribution in [0.25, 0.3) is 0 Å². The van der Waals surface area contributed by atoms with Gasteiger partial charge in [-0.1, -0.05) is 37.1 Å². The summed E-state index contributed by atoms with van der Waals surface area (Å²) in [6, 6.07) is 12.4. The molecule has 1 amide bonds. The van der Waals surface area contributed by atoms with Crippen LogP contribution in [-0.2, 0) is 16.6 Å². The minimum Gasteiger partial charge on any atom is -0.495 e. The van der Waals surface area contributed by atoms with E-state index in [0.29, 0.717) is 12.1 Å². The number of carbonyl (C=O) groups is 1. The second-order valence-corrected chi connectivity index (χ2v) is 9.24. The lowest BCUT2D eigenvalue weighted by atomic mass is 10.1. The molecule has 0 aliphatic heterocycles. The minimum absolute atomic E-state index is 0.00189. The van der Waals surface area contributed by atoms with E-state index < -0.39 is 10.0 Å². The number of benzene rings is 2. The van der Waals surface area contributed by atoms with Crippen molar-refractivity contribution in [2.75, 3.05) is 14.2 Å². The maximum Gasteiger partial charge on any atom is 0.253 e. The summed E-state index contributed by atoms with van der Waals surface area (Å²) in [6.07, 6.45) is 3.71. The molecule has 7 heteroatoms. The molecule has 1 saturated carbocycles. The lowest BCUT2D eigenvalue weighted by Gasteiger charge is -2.20. The summed E-state index contributed by atoms with van der Waals surface area (Å²) in [5, 5.41) is 0.